The molecule has 100 valence electrons. The first-order chi connectivity index (χ1) is 8.91. The summed E-state index contributed by atoms with van der Waals surface area (Å²) in [5.41, 5.74) is 1.57. The fourth-order valence-corrected chi connectivity index (χ4v) is 1.88. The van der Waals surface area contributed by atoms with E-state index < -0.39 is 0 Å². The Labute approximate surface area is 111 Å². The maximum absolute atomic E-state index is 12.4. The first-order valence-corrected chi connectivity index (χ1v) is 5.96. The maximum atomic E-state index is 12.4. The largest absolute Gasteiger partial charge is 0.378 e. The van der Waals surface area contributed by atoms with E-state index in [1.54, 1.807) is 20.2 Å². The molecule has 1 aromatic heterocycles. The molecule has 0 saturated carbocycles. The van der Waals surface area contributed by atoms with Crippen molar-refractivity contribution >= 4 is 22.5 Å². The minimum atomic E-state index is -0.293. The highest BCUT2D eigenvalue weighted by atomic mass is 16.2. The number of carbonyl (C=O) groups is 1. The number of nitrogens with zero attached hydrogens (tertiary/aromatic N) is 2. The number of pyridine rings is 1. The van der Waals surface area contributed by atoms with Gasteiger partial charge >= 0.3 is 0 Å². The van der Waals surface area contributed by atoms with Crippen LogP contribution in [0.2, 0.25) is 0 Å². The van der Waals surface area contributed by atoms with E-state index >= 15 is 0 Å². The topological polar surface area (TPSA) is 56.4 Å². The minimum absolute atomic E-state index is 0.161. The van der Waals surface area contributed by atoms with Gasteiger partial charge in [0.2, 0.25) is 5.43 Å². The number of H-pyrrole nitrogens is 1. The smallest absolute Gasteiger partial charge is 0.258 e. The molecule has 0 saturated heterocycles. The minimum Gasteiger partial charge on any atom is -0.378 e. The van der Waals surface area contributed by atoms with Crippen LogP contribution in [-0.2, 0) is 0 Å². The third kappa shape index (κ3) is 2.31. The lowest BCUT2D eigenvalue weighted by atomic mass is 10.1. The number of amides is 1. The Balaban J connectivity index is 2.69. The summed E-state index contributed by atoms with van der Waals surface area (Å²) in [4.78, 5) is 30.6. The molecule has 0 fully saturated rings. The summed E-state index contributed by atoms with van der Waals surface area (Å²) in [7, 11) is 7.07. The van der Waals surface area contributed by atoms with Gasteiger partial charge in [-0.3, -0.25) is 9.59 Å². The molecule has 5 heteroatoms. The number of benzene rings is 1. The Kier molecular flexibility index (Phi) is 3.29. The summed E-state index contributed by atoms with van der Waals surface area (Å²) in [6.07, 6.45) is 1.47. The fraction of sp³-hybridized carbons (Fsp3) is 0.286. The molecular formula is C14H17N3O2. The molecule has 2 aromatic rings. The van der Waals surface area contributed by atoms with Crippen LogP contribution in [0.15, 0.2) is 29.2 Å². The average molecular weight is 259 g/mol. The van der Waals surface area contributed by atoms with Crippen LogP contribution in [-0.4, -0.2) is 44.0 Å². The number of fused-ring (bicyclic) bond motifs is 1. The molecule has 0 aliphatic carbocycles. The van der Waals surface area contributed by atoms with Crippen molar-refractivity contribution in [3.8, 4) is 0 Å². The molecule has 5 nitrogen and oxygen atoms in total. The van der Waals surface area contributed by atoms with Gasteiger partial charge in [-0.2, -0.15) is 0 Å². The molecule has 0 spiro atoms. The summed E-state index contributed by atoms with van der Waals surface area (Å²) >= 11 is 0. The monoisotopic (exact) mass is 259 g/mol. The lowest BCUT2D eigenvalue weighted by molar-refractivity contribution is 0.0826. The molecule has 1 aromatic carbocycles. The molecule has 0 radical (unpaired) electrons. The molecule has 19 heavy (non-hydrogen) atoms. The van der Waals surface area contributed by atoms with Crippen LogP contribution < -0.4 is 10.3 Å². The lowest BCUT2D eigenvalue weighted by Gasteiger charge is -2.14. The predicted molar refractivity (Wildman–Crippen MR) is 76.9 cm³/mol. The van der Waals surface area contributed by atoms with E-state index in [0.29, 0.717) is 5.39 Å². The fourth-order valence-electron chi connectivity index (χ4n) is 1.88. The molecule has 2 rings (SSSR count). The van der Waals surface area contributed by atoms with Crippen LogP contribution >= 0.6 is 0 Å². The van der Waals surface area contributed by atoms with Gasteiger partial charge < -0.3 is 14.8 Å². The zero-order valence-corrected chi connectivity index (χ0v) is 11.5. The molecule has 0 bridgehead atoms. The van der Waals surface area contributed by atoms with Crippen molar-refractivity contribution in [3.63, 3.8) is 0 Å². The standard InChI is InChI=1S/C14H17N3O2/c1-16(2)9-5-6-12-10(7-9)13(18)11(8-15-12)14(19)17(3)4/h5-8H,1-4H3,(H,15,18). The number of hydrogen-bond donors (Lipinski definition) is 1. The third-order valence-electron chi connectivity index (χ3n) is 3.02. The second-order valence-electron chi connectivity index (χ2n) is 4.86. The van der Waals surface area contributed by atoms with Gasteiger partial charge in [-0.25, -0.2) is 0 Å². The number of carbonyl (C=O) groups excluding carboxylic acids is 1. The van der Waals surface area contributed by atoms with Crippen molar-refractivity contribution < 1.29 is 4.79 Å². The number of nitrogens with one attached hydrogen (secondary N) is 1. The van der Waals surface area contributed by atoms with Crippen LogP contribution in [0.1, 0.15) is 10.4 Å². The summed E-state index contributed by atoms with van der Waals surface area (Å²) in [5, 5.41) is 0.527. The van der Waals surface area contributed by atoms with Gasteiger partial charge in [0.15, 0.2) is 0 Å². The van der Waals surface area contributed by atoms with Crippen molar-refractivity contribution in [1.29, 1.82) is 0 Å². The van der Waals surface area contributed by atoms with Crippen LogP contribution in [0, 0.1) is 0 Å². The van der Waals surface area contributed by atoms with Gasteiger partial charge in [0.05, 0.1) is 0 Å². The second-order valence-corrected chi connectivity index (χ2v) is 4.86. The van der Waals surface area contributed by atoms with E-state index in [-0.39, 0.29) is 16.9 Å². The zero-order chi connectivity index (χ0) is 14.2. The van der Waals surface area contributed by atoms with Crippen molar-refractivity contribution in [2.24, 2.45) is 0 Å². The first-order valence-electron chi connectivity index (χ1n) is 5.96. The van der Waals surface area contributed by atoms with Gasteiger partial charge in [0.1, 0.15) is 5.56 Å². The average Bonchev–Trinajstić information content (AvgIpc) is 2.38. The van der Waals surface area contributed by atoms with Gasteiger partial charge in [0, 0.05) is 51.0 Å². The van der Waals surface area contributed by atoms with Gasteiger partial charge in [-0.1, -0.05) is 0 Å². The maximum Gasteiger partial charge on any atom is 0.258 e. The Morgan fingerprint density at radius 3 is 2.42 bits per heavy atom. The van der Waals surface area contributed by atoms with Gasteiger partial charge in [-0.15, -0.1) is 0 Å². The van der Waals surface area contributed by atoms with E-state index in [4.69, 9.17) is 0 Å². The van der Waals surface area contributed by atoms with E-state index in [0.717, 1.165) is 11.2 Å². The summed E-state index contributed by atoms with van der Waals surface area (Å²) in [6, 6.07) is 5.56. The number of aromatic amines is 1. The van der Waals surface area contributed by atoms with Crippen LogP contribution in [0.4, 0.5) is 5.69 Å². The van der Waals surface area contributed by atoms with Crippen LogP contribution in [0.5, 0.6) is 0 Å². The summed E-state index contributed by atoms with van der Waals surface area (Å²) in [5.74, 6) is -0.293. The van der Waals surface area contributed by atoms with E-state index in [2.05, 4.69) is 4.98 Å². The molecule has 1 heterocycles. The highest BCUT2D eigenvalue weighted by Crippen LogP contribution is 2.17. The Hall–Kier alpha value is -2.30. The van der Waals surface area contributed by atoms with E-state index in [1.807, 2.05) is 31.1 Å². The molecular weight excluding hydrogens is 242 g/mol. The van der Waals surface area contributed by atoms with Crippen LogP contribution in [0.25, 0.3) is 10.9 Å². The quantitative estimate of drug-likeness (QED) is 0.884. The molecule has 0 atom stereocenters. The first kappa shape index (κ1) is 13.1. The number of aromatic nitrogens is 1. The van der Waals surface area contributed by atoms with Crippen LogP contribution in [0.3, 0.4) is 0 Å². The normalized spacial score (nSPS) is 10.5. The zero-order valence-electron chi connectivity index (χ0n) is 11.5. The number of rotatable bonds is 2. The predicted octanol–water partition coefficient (Wildman–Crippen LogP) is 1.30. The summed E-state index contributed by atoms with van der Waals surface area (Å²) < 4.78 is 0. The Morgan fingerprint density at radius 1 is 1.16 bits per heavy atom. The Morgan fingerprint density at radius 2 is 1.84 bits per heavy atom. The molecule has 1 N–H and O–H groups in total. The Bertz CT molecular complexity index is 687. The van der Waals surface area contributed by atoms with Gasteiger partial charge in [-0.05, 0) is 18.2 Å². The number of anilines is 1. The second kappa shape index (κ2) is 4.76. The molecule has 0 unspecified atom stereocenters. The summed E-state index contributed by atoms with van der Waals surface area (Å²) in [6.45, 7) is 0. The van der Waals surface area contributed by atoms with E-state index in [9.17, 15) is 9.59 Å². The molecule has 0 aliphatic rings. The van der Waals surface area contributed by atoms with Crippen molar-refractivity contribution in [2.75, 3.05) is 33.1 Å². The number of hydrogen-bond acceptors (Lipinski definition) is 3. The van der Waals surface area contributed by atoms with Crippen molar-refractivity contribution in [2.45, 2.75) is 0 Å². The van der Waals surface area contributed by atoms with Crippen molar-refractivity contribution in [3.05, 3.63) is 40.2 Å². The molecule has 0 aliphatic heterocycles. The third-order valence-corrected chi connectivity index (χ3v) is 3.02. The van der Waals surface area contributed by atoms with Crippen molar-refractivity contribution in [1.82, 2.24) is 9.88 Å². The van der Waals surface area contributed by atoms with E-state index in [1.165, 1.54) is 11.1 Å². The van der Waals surface area contributed by atoms with Gasteiger partial charge in [0.25, 0.3) is 5.91 Å². The highest BCUT2D eigenvalue weighted by molar-refractivity contribution is 5.97. The lowest BCUT2D eigenvalue weighted by Crippen LogP contribution is -2.27. The highest BCUT2D eigenvalue weighted by Gasteiger charge is 2.14. The molecule has 1 amide bonds. The SMILES string of the molecule is CN(C)C(=O)c1c[nH]c2ccc(N(C)C)cc2c1=O.